The van der Waals surface area contributed by atoms with E-state index in [2.05, 4.69) is 171 Å². The normalized spacial score (nSPS) is 11.6. The van der Waals surface area contributed by atoms with Crippen molar-refractivity contribution in [3.05, 3.63) is 146 Å². The number of hydrogen-bond donors (Lipinski definition) is 0. The average molecular weight is 801 g/mol. The van der Waals surface area contributed by atoms with Crippen LogP contribution in [-0.2, 0) is 28.8 Å². The van der Waals surface area contributed by atoms with Gasteiger partial charge in [0, 0.05) is 0 Å². The zero-order valence-corrected chi connectivity index (χ0v) is 37.1. The Morgan fingerprint density at radius 1 is 0.660 bits per heavy atom. The van der Waals surface area contributed by atoms with E-state index in [0.29, 0.717) is 11.8 Å². The summed E-state index contributed by atoms with van der Waals surface area (Å²) in [6.07, 6.45) is 3.69. The van der Waals surface area contributed by atoms with Gasteiger partial charge in [-0.25, -0.2) is 0 Å². The third-order valence-electron chi connectivity index (χ3n) is 9.42. The van der Waals surface area contributed by atoms with Gasteiger partial charge in [-0.3, -0.25) is 0 Å². The van der Waals surface area contributed by atoms with E-state index in [9.17, 15) is 0 Å². The maximum atomic E-state index is 3.06. The molecule has 50 heavy (non-hydrogen) atoms. The molecule has 268 valence electrons. The van der Waals surface area contributed by atoms with Crippen molar-refractivity contribution in [3.8, 4) is 22.3 Å². The van der Waals surface area contributed by atoms with E-state index in [-0.39, 0.29) is 45.1 Å². The van der Waals surface area contributed by atoms with Crippen LogP contribution in [0.15, 0.2) is 109 Å². The molecule has 0 bridgehead atoms. The van der Waals surface area contributed by atoms with E-state index >= 15 is 0 Å². The van der Waals surface area contributed by atoms with E-state index in [1.165, 1.54) is 109 Å². The summed E-state index contributed by atoms with van der Waals surface area (Å²) in [5.74, 6) is 1.28. The molecular weight excluding hydrogens is 743 g/mol. The third kappa shape index (κ3) is 11.6. The summed E-state index contributed by atoms with van der Waals surface area (Å²) < 4.78 is 0. The third-order valence-corrected chi connectivity index (χ3v) is 9.42. The Kier molecular flexibility index (Phi) is 21.0. The van der Waals surface area contributed by atoms with Gasteiger partial charge in [-0.2, -0.15) is 12.1 Å². The van der Waals surface area contributed by atoms with Gasteiger partial charge in [-0.15, -0.1) is 93.9 Å². The molecule has 0 heterocycles. The first kappa shape index (κ1) is 47.8. The van der Waals surface area contributed by atoms with E-state index < -0.39 is 0 Å². The Morgan fingerprint density at radius 2 is 1.14 bits per heavy atom. The van der Waals surface area contributed by atoms with Crippen molar-refractivity contribution < 1.29 is 23.3 Å². The second-order valence-electron chi connectivity index (χ2n) is 13.9. The van der Waals surface area contributed by atoms with Gasteiger partial charge in [-0.1, -0.05) is 134 Å². The van der Waals surface area contributed by atoms with Crippen LogP contribution in [0.25, 0.3) is 43.8 Å². The Morgan fingerprint density at radius 3 is 1.62 bits per heavy atom. The van der Waals surface area contributed by atoms with E-state index in [4.69, 9.17) is 0 Å². The number of aryl methyl sites for hydroxylation is 1. The van der Waals surface area contributed by atoms with Crippen LogP contribution in [0.1, 0.15) is 102 Å². The summed E-state index contributed by atoms with van der Waals surface area (Å²) in [4.78, 5) is 0. The molecule has 6 rings (SSSR count). The number of fused-ring (bicyclic) bond motifs is 2. The van der Waals surface area contributed by atoms with Gasteiger partial charge in [0.25, 0.3) is 0 Å². The van der Waals surface area contributed by atoms with Crippen LogP contribution in [0.3, 0.4) is 0 Å². The van der Waals surface area contributed by atoms with Crippen molar-refractivity contribution in [3.63, 3.8) is 0 Å². The molecule has 0 amide bonds. The molecule has 0 saturated heterocycles. The molecule has 0 nitrogen and oxygen atoms in total. The SMILES string of the molecule is CCC(C)c1ccc(-c2cccc3[cH-]c(C)cc23)cc1.CCCC(C)c1cc2c(-c3ccc(C(C)(C)C)cc3)cccc2[cH-]1.Cl.Cl.[CH3-].[CH3-].[Si]=[Zr]. The van der Waals surface area contributed by atoms with Crippen molar-refractivity contribution in [2.24, 2.45) is 0 Å². The molecule has 4 heteroatoms. The molecule has 6 aromatic rings. The maximum absolute atomic E-state index is 3.06. The fourth-order valence-corrected chi connectivity index (χ4v) is 6.41. The van der Waals surface area contributed by atoms with Gasteiger partial charge in [-0.05, 0) is 52.3 Å². The summed E-state index contributed by atoms with van der Waals surface area (Å²) in [5.41, 5.74) is 11.2. The predicted molar refractivity (Wildman–Crippen MR) is 228 cm³/mol. The van der Waals surface area contributed by atoms with Crippen LogP contribution in [-0.4, -0.2) is 6.88 Å². The minimum absolute atomic E-state index is 0. The van der Waals surface area contributed by atoms with Gasteiger partial charge in [0.2, 0.25) is 0 Å². The van der Waals surface area contributed by atoms with Crippen molar-refractivity contribution >= 4 is 53.2 Å². The topological polar surface area (TPSA) is 0 Å². The molecule has 0 aliphatic heterocycles. The van der Waals surface area contributed by atoms with Crippen LogP contribution in [0.5, 0.6) is 0 Å². The fourth-order valence-electron chi connectivity index (χ4n) is 6.41. The zero-order valence-electron chi connectivity index (χ0n) is 32.0. The molecule has 0 saturated carbocycles. The first-order chi connectivity index (χ1) is 22.1. The van der Waals surface area contributed by atoms with Crippen LogP contribution in [0, 0.1) is 21.8 Å². The van der Waals surface area contributed by atoms with Crippen molar-refractivity contribution in [1.29, 1.82) is 0 Å². The molecule has 2 radical (unpaired) electrons. The van der Waals surface area contributed by atoms with E-state index in [1.807, 2.05) is 0 Å². The second kappa shape index (κ2) is 22.0. The molecule has 0 fully saturated rings. The molecule has 2 unspecified atom stereocenters. The van der Waals surface area contributed by atoms with E-state index in [0.717, 1.165) is 0 Å². The van der Waals surface area contributed by atoms with Crippen molar-refractivity contribution in [2.75, 3.05) is 0 Å². The Labute approximate surface area is 334 Å². The molecule has 2 atom stereocenters. The molecule has 0 aliphatic carbocycles. The second-order valence-corrected chi connectivity index (χ2v) is 13.9. The van der Waals surface area contributed by atoms with Gasteiger partial charge < -0.3 is 14.9 Å². The Balaban J connectivity index is 0.000000860. The molecule has 0 N–H and O–H groups in total. The van der Waals surface area contributed by atoms with Gasteiger partial charge in [0.05, 0.1) is 0 Å². The predicted octanol–water partition coefficient (Wildman–Crippen LogP) is 14.8. The number of benzene rings is 4. The Hall–Kier alpha value is -2.22. The first-order valence-corrected chi connectivity index (χ1v) is 21.1. The first-order valence-electron chi connectivity index (χ1n) is 16.9. The molecule has 6 aromatic carbocycles. The van der Waals surface area contributed by atoms with Crippen LogP contribution >= 0.6 is 24.8 Å². The molecule has 0 aliphatic rings. The summed E-state index contributed by atoms with van der Waals surface area (Å²) in [6, 6.07) is 40.7. The van der Waals surface area contributed by atoms with Crippen molar-refractivity contribution in [2.45, 2.75) is 91.9 Å². The van der Waals surface area contributed by atoms with E-state index in [1.54, 1.807) is 0 Å². The fraction of sp³-hybridized carbons (Fsp3) is 0.304. The quantitative estimate of drug-likeness (QED) is 0.111. The summed E-state index contributed by atoms with van der Waals surface area (Å²) in [7, 11) is 0. The standard InChI is InChI=1S/C24H29.C20H21.2CH3.2ClH.Si.Zr/c1-6-8-17(2)20-15-19-9-7-10-22(23(19)16-20)18-11-13-21(14-12-18)24(3,4)5;1-4-15(3)16-8-10-17(11-9-16)19-7-5-6-18-12-14(2)13-20(18)19;;;;;;/h7,9-17H,6,8H2,1-5H3;5-13,15H,4H2,1-3H3;2*1H3;2*1H;;/q4*-1;;;;. The number of hydrogen-bond acceptors (Lipinski definition) is 0. The summed E-state index contributed by atoms with van der Waals surface area (Å²) in [6.45, 7) is 21.2. The molecule has 0 spiro atoms. The number of rotatable bonds is 7. The number of halogens is 2. The van der Waals surface area contributed by atoms with Crippen LogP contribution < -0.4 is 0 Å². The average Bonchev–Trinajstić information content (AvgIpc) is 3.68. The summed E-state index contributed by atoms with van der Waals surface area (Å²) in [5, 5.41) is 5.46. The van der Waals surface area contributed by atoms with Crippen molar-refractivity contribution in [1.82, 2.24) is 0 Å². The van der Waals surface area contributed by atoms with Crippen LogP contribution in [0.4, 0.5) is 0 Å². The Bertz CT molecular complexity index is 1840. The van der Waals surface area contributed by atoms with Gasteiger partial charge in [0.1, 0.15) is 0 Å². The van der Waals surface area contributed by atoms with Crippen LogP contribution in [0.2, 0.25) is 0 Å². The monoisotopic (exact) mass is 798 g/mol. The van der Waals surface area contributed by atoms with Gasteiger partial charge in [0.15, 0.2) is 0 Å². The minimum atomic E-state index is 0. The van der Waals surface area contributed by atoms with Gasteiger partial charge >= 0.3 is 30.2 Å². The molecule has 0 aromatic heterocycles. The summed E-state index contributed by atoms with van der Waals surface area (Å²) >= 11 is 1.36. The molecular formula is C46H58Cl2SiZr-4. The zero-order chi connectivity index (χ0) is 33.4.